The molecule has 1 rings (SSSR count). The Kier molecular flexibility index (Phi) is 4.10. The van der Waals surface area contributed by atoms with Gasteiger partial charge in [-0.15, -0.1) is 0 Å². The second-order valence-corrected chi connectivity index (χ2v) is 5.10. The highest BCUT2D eigenvalue weighted by atomic mass is 19.1. The van der Waals surface area contributed by atoms with Crippen LogP contribution in [-0.2, 0) is 4.74 Å². The first-order chi connectivity index (χ1) is 7.83. The molecule has 1 aromatic carbocycles. The fraction of sp³-hybridized carbons (Fsp3) is 0.462. The van der Waals surface area contributed by atoms with Gasteiger partial charge in [-0.25, -0.2) is 9.18 Å². The Balaban J connectivity index is 2.86. The molecule has 0 atom stereocenters. The lowest BCUT2D eigenvalue weighted by Crippen LogP contribution is -2.19. The van der Waals surface area contributed by atoms with E-state index in [1.807, 2.05) is 0 Å². The number of halogens is 1. The molecule has 0 heterocycles. The molecule has 0 aromatic heterocycles. The van der Waals surface area contributed by atoms with Crippen molar-refractivity contribution in [1.29, 1.82) is 0 Å². The van der Waals surface area contributed by atoms with Crippen molar-refractivity contribution in [1.82, 2.24) is 0 Å². The molecular formula is C13H18FNO2. The molecule has 0 saturated carbocycles. The summed E-state index contributed by atoms with van der Waals surface area (Å²) < 4.78 is 17.9. The second-order valence-electron chi connectivity index (χ2n) is 5.10. The summed E-state index contributed by atoms with van der Waals surface area (Å²) >= 11 is 0. The highest BCUT2D eigenvalue weighted by Gasteiger charge is 2.14. The Morgan fingerprint density at radius 2 is 2.06 bits per heavy atom. The minimum absolute atomic E-state index is 0.0496. The van der Waals surface area contributed by atoms with Gasteiger partial charge < -0.3 is 10.1 Å². The van der Waals surface area contributed by atoms with E-state index in [0.29, 0.717) is 5.69 Å². The maximum atomic E-state index is 13.4. The van der Waals surface area contributed by atoms with Crippen molar-refractivity contribution in [2.45, 2.75) is 20.8 Å². The maximum Gasteiger partial charge on any atom is 0.340 e. The smallest absolute Gasteiger partial charge is 0.340 e. The number of carbonyl (C=O) groups is 1. The van der Waals surface area contributed by atoms with Crippen LogP contribution in [0.5, 0.6) is 0 Å². The lowest BCUT2D eigenvalue weighted by Gasteiger charge is -2.19. The predicted molar refractivity (Wildman–Crippen MR) is 65.7 cm³/mol. The molecule has 0 aliphatic heterocycles. The third kappa shape index (κ3) is 4.06. The van der Waals surface area contributed by atoms with Crippen molar-refractivity contribution in [2.24, 2.45) is 5.41 Å². The van der Waals surface area contributed by atoms with Gasteiger partial charge in [-0.3, -0.25) is 0 Å². The first-order valence-electron chi connectivity index (χ1n) is 5.45. The van der Waals surface area contributed by atoms with E-state index in [9.17, 15) is 9.18 Å². The lowest BCUT2D eigenvalue weighted by atomic mass is 9.97. The molecule has 0 unspecified atom stereocenters. The third-order valence-electron chi connectivity index (χ3n) is 2.19. The molecular weight excluding hydrogens is 221 g/mol. The molecule has 0 bridgehead atoms. The first-order valence-corrected chi connectivity index (χ1v) is 5.45. The van der Waals surface area contributed by atoms with Gasteiger partial charge in [0, 0.05) is 12.2 Å². The summed E-state index contributed by atoms with van der Waals surface area (Å²) in [6, 6.07) is 4.33. The predicted octanol–water partition coefficient (Wildman–Crippen LogP) is 3.07. The van der Waals surface area contributed by atoms with Crippen molar-refractivity contribution in [3.05, 3.63) is 29.6 Å². The zero-order chi connectivity index (χ0) is 13.1. The van der Waals surface area contributed by atoms with E-state index in [0.717, 1.165) is 6.54 Å². The molecule has 0 aliphatic carbocycles. The highest BCUT2D eigenvalue weighted by Crippen LogP contribution is 2.18. The van der Waals surface area contributed by atoms with Gasteiger partial charge in [0.15, 0.2) is 0 Å². The minimum Gasteiger partial charge on any atom is -0.465 e. The number of hydrogen-bond acceptors (Lipinski definition) is 3. The molecule has 0 spiro atoms. The molecule has 0 saturated heterocycles. The average Bonchev–Trinajstić information content (AvgIpc) is 2.26. The van der Waals surface area contributed by atoms with Crippen molar-refractivity contribution < 1.29 is 13.9 Å². The average molecular weight is 239 g/mol. The zero-order valence-corrected chi connectivity index (χ0v) is 10.6. The Bertz CT molecular complexity index is 410. The van der Waals surface area contributed by atoms with Crippen LogP contribution in [0.15, 0.2) is 18.2 Å². The van der Waals surface area contributed by atoms with Crippen LogP contribution in [0.4, 0.5) is 10.1 Å². The monoisotopic (exact) mass is 239 g/mol. The van der Waals surface area contributed by atoms with Crippen molar-refractivity contribution in [2.75, 3.05) is 19.0 Å². The van der Waals surface area contributed by atoms with Crippen molar-refractivity contribution in [3.63, 3.8) is 0 Å². The van der Waals surface area contributed by atoms with E-state index in [1.165, 1.54) is 19.2 Å². The molecule has 1 aromatic rings. The number of ether oxygens (including phenoxy) is 1. The van der Waals surface area contributed by atoms with Crippen molar-refractivity contribution in [3.8, 4) is 0 Å². The number of methoxy groups -OCH3 is 1. The molecule has 0 radical (unpaired) electrons. The summed E-state index contributed by atoms with van der Waals surface area (Å²) in [4.78, 5) is 11.3. The Morgan fingerprint density at radius 3 is 2.59 bits per heavy atom. The van der Waals surface area contributed by atoms with Crippen LogP contribution in [0, 0.1) is 11.2 Å². The summed E-state index contributed by atoms with van der Waals surface area (Å²) in [6.45, 7) is 7.00. The van der Waals surface area contributed by atoms with Gasteiger partial charge in [-0.2, -0.15) is 0 Å². The standard InChI is InChI=1S/C13H18FNO2/c1-13(2,3)8-15-9-5-6-11(14)10(7-9)12(16)17-4/h5-7,15H,8H2,1-4H3. The Labute approximate surface area is 101 Å². The van der Waals surface area contributed by atoms with E-state index < -0.39 is 11.8 Å². The van der Waals surface area contributed by atoms with Gasteiger partial charge >= 0.3 is 5.97 Å². The zero-order valence-electron chi connectivity index (χ0n) is 10.6. The van der Waals surface area contributed by atoms with Gasteiger partial charge in [0.05, 0.1) is 12.7 Å². The number of rotatable bonds is 3. The van der Waals surface area contributed by atoms with Crippen LogP contribution in [0.2, 0.25) is 0 Å². The summed E-state index contributed by atoms with van der Waals surface area (Å²) in [6.07, 6.45) is 0. The van der Waals surface area contributed by atoms with Gasteiger partial charge in [0.1, 0.15) is 5.82 Å². The lowest BCUT2D eigenvalue weighted by molar-refractivity contribution is 0.0595. The third-order valence-corrected chi connectivity index (χ3v) is 2.19. The van der Waals surface area contributed by atoms with Crippen LogP contribution in [0.3, 0.4) is 0 Å². The van der Waals surface area contributed by atoms with Gasteiger partial charge in [0.25, 0.3) is 0 Å². The normalized spacial score (nSPS) is 11.1. The van der Waals surface area contributed by atoms with Gasteiger partial charge in [0.2, 0.25) is 0 Å². The SMILES string of the molecule is COC(=O)c1cc(NCC(C)(C)C)ccc1F. The van der Waals surface area contributed by atoms with Crippen LogP contribution in [0.25, 0.3) is 0 Å². The van der Waals surface area contributed by atoms with E-state index in [-0.39, 0.29) is 11.0 Å². The van der Waals surface area contributed by atoms with Crippen LogP contribution in [0.1, 0.15) is 31.1 Å². The number of nitrogens with one attached hydrogen (secondary N) is 1. The maximum absolute atomic E-state index is 13.4. The molecule has 94 valence electrons. The minimum atomic E-state index is -0.665. The number of hydrogen-bond donors (Lipinski definition) is 1. The highest BCUT2D eigenvalue weighted by molar-refractivity contribution is 5.90. The van der Waals surface area contributed by atoms with Crippen molar-refractivity contribution >= 4 is 11.7 Å². The summed E-state index contributed by atoms with van der Waals surface area (Å²) in [5, 5.41) is 3.16. The van der Waals surface area contributed by atoms with E-state index in [2.05, 4.69) is 30.8 Å². The Hall–Kier alpha value is -1.58. The van der Waals surface area contributed by atoms with Crippen LogP contribution in [-0.4, -0.2) is 19.6 Å². The molecule has 4 heteroatoms. The molecule has 0 aliphatic rings. The number of anilines is 1. The van der Waals surface area contributed by atoms with Crippen LogP contribution < -0.4 is 5.32 Å². The number of esters is 1. The van der Waals surface area contributed by atoms with E-state index >= 15 is 0 Å². The molecule has 17 heavy (non-hydrogen) atoms. The summed E-state index contributed by atoms with van der Waals surface area (Å²) in [5.74, 6) is -1.24. The molecule has 0 amide bonds. The van der Waals surface area contributed by atoms with Crippen LogP contribution >= 0.6 is 0 Å². The fourth-order valence-corrected chi connectivity index (χ4v) is 1.27. The number of benzene rings is 1. The summed E-state index contributed by atoms with van der Waals surface area (Å²) in [5.41, 5.74) is 0.771. The first kappa shape index (κ1) is 13.5. The fourth-order valence-electron chi connectivity index (χ4n) is 1.27. The summed E-state index contributed by atoms with van der Waals surface area (Å²) in [7, 11) is 1.23. The molecule has 3 nitrogen and oxygen atoms in total. The van der Waals surface area contributed by atoms with Gasteiger partial charge in [-0.05, 0) is 23.6 Å². The number of carbonyl (C=O) groups excluding carboxylic acids is 1. The topological polar surface area (TPSA) is 38.3 Å². The van der Waals surface area contributed by atoms with E-state index in [1.54, 1.807) is 6.07 Å². The van der Waals surface area contributed by atoms with Gasteiger partial charge in [-0.1, -0.05) is 20.8 Å². The molecule has 0 fully saturated rings. The quantitative estimate of drug-likeness (QED) is 0.824. The molecule has 1 N–H and O–H groups in total. The largest absolute Gasteiger partial charge is 0.465 e. The Morgan fingerprint density at radius 1 is 1.41 bits per heavy atom. The van der Waals surface area contributed by atoms with E-state index in [4.69, 9.17) is 0 Å². The second kappa shape index (κ2) is 5.17.